The highest BCUT2D eigenvalue weighted by Gasteiger charge is 2.30. The second-order valence-electron chi connectivity index (χ2n) is 5.75. The third kappa shape index (κ3) is 3.53. The molecule has 2 amide bonds. The zero-order chi connectivity index (χ0) is 16.2. The van der Waals surface area contributed by atoms with Crippen LogP contribution in [-0.4, -0.2) is 41.1 Å². The van der Waals surface area contributed by atoms with E-state index < -0.39 is 11.8 Å². The van der Waals surface area contributed by atoms with Gasteiger partial charge in [-0.3, -0.25) is 14.5 Å². The maximum Gasteiger partial charge on any atom is 0.277 e. The van der Waals surface area contributed by atoms with Crippen molar-refractivity contribution in [2.75, 3.05) is 18.5 Å². The Morgan fingerprint density at radius 2 is 2.04 bits per heavy atom. The highest BCUT2D eigenvalue weighted by molar-refractivity contribution is 6.17. The van der Waals surface area contributed by atoms with Crippen molar-refractivity contribution < 1.29 is 19.4 Å². The first-order valence-electron chi connectivity index (χ1n) is 7.89. The molecule has 1 aromatic carbocycles. The summed E-state index contributed by atoms with van der Waals surface area (Å²) in [6, 6.07) is 7.37. The van der Waals surface area contributed by atoms with E-state index in [0.717, 1.165) is 23.5 Å². The van der Waals surface area contributed by atoms with Gasteiger partial charge in [-0.05, 0) is 37.8 Å². The lowest BCUT2D eigenvalue weighted by Gasteiger charge is -2.15. The molecule has 122 valence electrons. The van der Waals surface area contributed by atoms with Crippen LogP contribution in [0.1, 0.15) is 25.7 Å². The van der Waals surface area contributed by atoms with Crippen molar-refractivity contribution in [2.45, 2.75) is 31.8 Å². The van der Waals surface area contributed by atoms with E-state index in [2.05, 4.69) is 5.32 Å². The number of carbonyl (C=O) groups excluding carboxylic acids is 2. The van der Waals surface area contributed by atoms with Crippen molar-refractivity contribution in [3.8, 4) is 5.75 Å². The number of ether oxygens (including phenoxy) is 1. The first-order chi connectivity index (χ1) is 11.2. The molecule has 0 saturated heterocycles. The molecular weight excluding hydrogens is 296 g/mol. The van der Waals surface area contributed by atoms with Crippen LogP contribution in [0, 0.1) is 0 Å². The topological polar surface area (TPSA) is 78.9 Å². The normalized spacial score (nSPS) is 18.5. The standard InChI is InChI=1S/C17H20N2O4/c20-9-8-19-16(21)11-15(17(19)22)18-12-4-3-7-14(10-12)23-13-5-1-2-6-13/h3-4,7,10-11,13,18,20H,1-2,5-6,8-9H2. The minimum atomic E-state index is -0.425. The fourth-order valence-corrected chi connectivity index (χ4v) is 2.91. The number of amides is 2. The zero-order valence-corrected chi connectivity index (χ0v) is 12.8. The molecule has 1 heterocycles. The molecule has 1 saturated carbocycles. The Hall–Kier alpha value is -2.34. The Kier molecular flexibility index (Phi) is 4.62. The summed E-state index contributed by atoms with van der Waals surface area (Å²) >= 11 is 0. The summed E-state index contributed by atoms with van der Waals surface area (Å²) < 4.78 is 5.93. The largest absolute Gasteiger partial charge is 0.490 e. The first kappa shape index (κ1) is 15.6. The molecule has 0 bridgehead atoms. The fourth-order valence-electron chi connectivity index (χ4n) is 2.91. The summed E-state index contributed by atoms with van der Waals surface area (Å²) in [5.41, 5.74) is 0.903. The highest BCUT2D eigenvalue weighted by atomic mass is 16.5. The molecular formula is C17H20N2O4. The quantitative estimate of drug-likeness (QED) is 0.781. The van der Waals surface area contributed by atoms with Crippen LogP contribution < -0.4 is 10.1 Å². The predicted molar refractivity (Wildman–Crippen MR) is 84.8 cm³/mol. The number of hydrogen-bond acceptors (Lipinski definition) is 5. The van der Waals surface area contributed by atoms with Crippen molar-refractivity contribution in [3.63, 3.8) is 0 Å². The molecule has 6 heteroatoms. The zero-order valence-electron chi connectivity index (χ0n) is 12.8. The number of nitrogens with one attached hydrogen (secondary N) is 1. The Labute approximate surface area is 134 Å². The van der Waals surface area contributed by atoms with Crippen LogP contribution in [0.5, 0.6) is 5.75 Å². The summed E-state index contributed by atoms with van der Waals surface area (Å²) in [7, 11) is 0. The maximum absolute atomic E-state index is 12.1. The van der Waals surface area contributed by atoms with E-state index >= 15 is 0 Å². The van der Waals surface area contributed by atoms with Gasteiger partial charge in [-0.15, -0.1) is 0 Å². The number of imide groups is 1. The van der Waals surface area contributed by atoms with Crippen LogP contribution in [0.2, 0.25) is 0 Å². The average molecular weight is 316 g/mol. The number of carbonyl (C=O) groups is 2. The van der Waals surface area contributed by atoms with Gasteiger partial charge in [0.15, 0.2) is 0 Å². The molecule has 0 unspecified atom stereocenters. The van der Waals surface area contributed by atoms with E-state index in [1.165, 1.54) is 18.9 Å². The average Bonchev–Trinajstić information content (AvgIpc) is 3.12. The highest BCUT2D eigenvalue weighted by Crippen LogP contribution is 2.26. The molecule has 6 nitrogen and oxygen atoms in total. The number of nitrogens with zero attached hydrogens (tertiary/aromatic N) is 1. The lowest BCUT2D eigenvalue weighted by Crippen LogP contribution is -2.34. The fraction of sp³-hybridized carbons (Fsp3) is 0.412. The molecule has 2 aliphatic rings. The number of anilines is 1. The predicted octanol–water partition coefficient (Wildman–Crippen LogP) is 1.66. The van der Waals surface area contributed by atoms with Gasteiger partial charge in [0.25, 0.3) is 11.8 Å². The van der Waals surface area contributed by atoms with Gasteiger partial charge in [-0.25, -0.2) is 0 Å². The summed E-state index contributed by atoms with van der Waals surface area (Å²) in [6.45, 7) is -0.243. The second kappa shape index (κ2) is 6.83. The van der Waals surface area contributed by atoms with E-state index in [0.29, 0.717) is 5.69 Å². The van der Waals surface area contributed by atoms with Crippen LogP contribution in [0.4, 0.5) is 5.69 Å². The van der Waals surface area contributed by atoms with Crippen LogP contribution in [-0.2, 0) is 9.59 Å². The Balaban J connectivity index is 1.67. The van der Waals surface area contributed by atoms with Crippen molar-refractivity contribution in [1.29, 1.82) is 0 Å². The number of hydrogen-bond donors (Lipinski definition) is 2. The van der Waals surface area contributed by atoms with Gasteiger partial charge >= 0.3 is 0 Å². The number of benzene rings is 1. The minimum Gasteiger partial charge on any atom is -0.490 e. The smallest absolute Gasteiger partial charge is 0.277 e. The van der Waals surface area contributed by atoms with E-state index in [1.807, 2.05) is 24.3 Å². The van der Waals surface area contributed by atoms with E-state index in [9.17, 15) is 9.59 Å². The number of rotatable bonds is 6. The third-order valence-electron chi connectivity index (χ3n) is 4.05. The number of aliphatic hydroxyl groups is 1. The van der Waals surface area contributed by atoms with Gasteiger partial charge < -0.3 is 15.2 Å². The monoisotopic (exact) mass is 316 g/mol. The summed E-state index contributed by atoms with van der Waals surface area (Å²) in [5, 5.41) is 11.9. The van der Waals surface area contributed by atoms with E-state index in [4.69, 9.17) is 9.84 Å². The van der Waals surface area contributed by atoms with Gasteiger partial charge in [0.05, 0.1) is 19.3 Å². The molecule has 1 aliphatic carbocycles. The molecule has 23 heavy (non-hydrogen) atoms. The lowest BCUT2D eigenvalue weighted by atomic mass is 10.2. The Bertz CT molecular complexity index is 635. The molecule has 2 N–H and O–H groups in total. The molecule has 1 aromatic rings. The molecule has 0 atom stereocenters. The summed E-state index contributed by atoms with van der Waals surface area (Å²) in [6.07, 6.45) is 6.07. The van der Waals surface area contributed by atoms with Crippen molar-refractivity contribution in [3.05, 3.63) is 36.0 Å². The van der Waals surface area contributed by atoms with Gasteiger partial charge in [0.2, 0.25) is 0 Å². The van der Waals surface area contributed by atoms with Gasteiger partial charge in [-0.2, -0.15) is 0 Å². The second-order valence-corrected chi connectivity index (χ2v) is 5.75. The number of β-amino-alcohol motifs (C(OH)–C–C–N with tert-alkyl or cyclic N) is 1. The first-order valence-corrected chi connectivity index (χ1v) is 7.89. The van der Waals surface area contributed by atoms with Crippen molar-refractivity contribution in [2.24, 2.45) is 0 Å². The van der Waals surface area contributed by atoms with Crippen LogP contribution in [0.15, 0.2) is 36.0 Å². The summed E-state index contributed by atoms with van der Waals surface area (Å²) in [4.78, 5) is 24.8. The van der Waals surface area contributed by atoms with Crippen LogP contribution >= 0.6 is 0 Å². The molecule has 1 aliphatic heterocycles. The molecule has 1 fully saturated rings. The summed E-state index contributed by atoms with van der Waals surface area (Å²) in [5.74, 6) is -0.0810. The molecule has 0 aromatic heterocycles. The van der Waals surface area contributed by atoms with Crippen molar-refractivity contribution in [1.82, 2.24) is 4.90 Å². The van der Waals surface area contributed by atoms with Crippen LogP contribution in [0.25, 0.3) is 0 Å². The van der Waals surface area contributed by atoms with Gasteiger partial charge in [0, 0.05) is 17.8 Å². The third-order valence-corrected chi connectivity index (χ3v) is 4.05. The molecule has 3 rings (SSSR count). The van der Waals surface area contributed by atoms with E-state index in [-0.39, 0.29) is 25.0 Å². The Morgan fingerprint density at radius 3 is 2.78 bits per heavy atom. The van der Waals surface area contributed by atoms with Crippen LogP contribution in [0.3, 0.4) is 0 Å². The molecule has 0 radical (unpaired) electrons. The lowest BCUT2D eigenvalue weighted by molar-refractivity contribution is -0.137. The number of aliphatic hydroxyl groups excluding tert-OH is 1. The van der Waals surface area contributed by atoms with Crippen molar-refractivity contribution >= 4 is 17.5 Å². The Morgan fingerprint density at radius 1 is 1.26 bits per heavy atom. The van der Waals surface area contributed by atoms with E-state index in [1.54, 1.807) is 0 Å². The SMILES string of the molecule is O=C1C=C(Nc2cccc(OC3CCCC3)c2)C(=O)N1CCO. The van der Waals surface area contributed by atoms with Gasteiger partial charge in [-0.1, -0.05) is 6.07 Å². The van der Waals surface area contributed by atoms with Gasteiger partial charge in [0.1, 0.15) is 11.4 Å². The maximum atomic E-state index is 12.1. The minimum absolute atomic E-state index is 0.00414. The molecule has 0 spiro atoms.